The van der Waals surface area contributed by atoms with Crippen LogP contribution in [0, 0.1) is 0 Å². The quantitative estimate of drug-likeness (QED) is 0.610. The summed E-state index contributed by atoms with van der Waals surface area (Å²) in [6, 6.07) is 7.46. The van der Waals surface area contributed by atoms with Crippen LogP contribution in [0.3, 0.4) is 0 Å². The molecule has 2 aliphatic rings. The molecule has 2 aromatic rings. The fourth-order valence-electron chi connectivity index (χ4n) is 4.71. The van der Waals surface area contributed by atoms with Crippen LogP contribution >= 0.6 is 0 Å². The molecule has 1 aliphatic heterocycles. The summed E-state index contributed by atoms with van der Waals surface area (Å²) in [6.07, 6.45) is 3.11. The van der Waals surface area contributed by atoms with E-state index in [4.69, 9.17) is 4.74 Å². The molecule has 0 bridgehead atoms. The highest BCUT2D eigenvalue weighted by Crippen LogP contribution is 2.41. The molecule has 2 heterocycles. The smallest absolute Gasteiger partial charge is 0.407 e. The Morgan fingerprint density at radius 3 is 2.59 bits per heavy atom. The number of nitrogens with one attached hydrogen (secondary N) is 3. The number of carbonyl (C=O) groups excluding carboxylic acids is 1. The number of fused-ring (bicyclic) bond motifs is 1. The monoisotopic (exact) mass is 460 g/mol. The minimum Gasteiger partial charge on any atom is -0.446 e. The van der Waals surface area contributed by atoms with Crippen molar-refractivity contribution in [1.82, 2.24) is 15.5 Å². The number of amides is 1. The maximum Gasteiger partial charge on any atom is 0.407 e. The normalized spacial score (nSPS) is 23.5. The Bertz CT molecular complexity index is 1100. The van der Waals surface area contributed by atoms with Gasteiger partial charge in [0.15, 0.2) is 15.7 Å². The molecule has 1 aromatic carbocycles. The van der Waals surface area contributed by atoms with Gasteiger partial charge < -0.3 is 15.4 Å². The predicted molar refractivity (Wildman–Crippen MR) is 123 cm³/mol. The predicted octanol–water partition coefficient (Wildman–Crippen LogP) is 4.38. The van der Waals surface area contributed by atoms with E-state index in [-0.39, 0.29) is 24.0 Å². The largest absolute Gasteiger partial charge is 0.446 e. The molecule has 0 spiro atoms. The second-order valence-electron chi connectivity index (χ2n) is 9.87. The molecule has 32 heavy (non-hydrogen) atoms. The Labute approximate surface area is 189 Å². The van der Waals surface area contributed by atoms with E-state index in [0.717, 1.165) is 42.6 Å². The molecule has 0 unspecified atom stereocenters. The van der Waals surface area contributed by atoms with Crippen LogP contribution in [0.2, 0.25) is 0 Å². The zero-order valence-corrected chi connectivity index (χ0v) is 19.9. The van der Waals surface area contributed by atoms with Crippen LogP contribution in [0.4, 0.5) is 16.3 Å². The Morgan fingerprint density at radius 2 is 1.91 bits per heavy atom. The van der Waals surface area contributed by atoms with Crippen molar-refractivity contribution in [3.05, 3.63) is 35.5 Å². The number of nitrogens with zero attached hydrogens (tertiary/aromatic N) is 1. The lowest BCUT2D eigenvalue weighted by Crippen LogP contribution is -2.34. The third-order valence-electron chi connectivity index (χ3n) is 6.26. The van der Waals surface area contributed by atoms with Crippen LogP contribution in [0.25, 0.3) is 0 Å². The number of sulfone groups is 1. The topological polar surface area (TPSA) is 113 Å². The summed E-state index contributed by atoms with van der Waals surface area (Å²) in [6.45, 7) is 7.74. The number of carbonyl (C=O) groups is 1. The van der Waals surface area contributed by atoms with Crippen molar-refractivity contribution in [2.24, 2.45) is 0 Å². The molecule has 0 saturated heterocycles. The Balaban J connectivity index is 1.37. The number of benzene rings is 1. The summed E-state index contributed by atoms with van der Waals surface area (Å²) in [5.74, 6) is 1.18. The van der Waals surface area contributed by atoms with Crippen LogP contribution in [-0.2, 0) is 20.0 Å². The molecule has 9 heteroatoms. The van der Waals surface area contributed by atoms with Gasteiger partial charge in [-0.1, -0.05) is 13.8 Å². The average Bonchev–Trinajstić information content (AvgIpc) is 3.22. The van der Waals surface area contributed by atoms with Gasteiger partial charge in [-0.15, -0.1) is 0 Å². The molecule has 1 aliphatic carbocycles. The number of anilines is 2. The molecular weight excluding hydrogens is 428 g/mol. The number of H-pyrrole nitrogens is 1. The van der Waals surface area contributed by atoms with Crippen molar-refractivity contribution in [3.63, 3.8) is 0 Å². The number of aromatic nitrogens is 2. The van der Waals surface area contributed by atoms with E-state index in [1.807, 2.05) is 39.8 Å². The maximum atomic E-state index is 12.4. The van der Waals surface area contributed by atoms with Crippen LogP contribution in [0.5, 0.6) is 0 Å². The molecule has 8 nitrogen and oxygen atoms in total. The van der Waals surface area contributed by atoms with E-state index in [9.17, 15) is 13.2 Å². The van der Waals surface area contributed by atoms with Gasteiger partial charge in [-0.25, -0.2) is 13.2 Å². The van der Waals surface area contributed by atoms with Crippen molar-refractivity contribution < 1.29 is 17.9 Å². The maximum absolute atomic E-state index is 12.4. The summed E-state index contributed by atoms with van der Waals surface area (Å²) >= 11 is 0. The highest BCUT2D eigenvalue weighted by atomic mass is 32.2. The van der Waals surface area contributed by atoms with Gasteiger partial charge in [0.1, 0.15) is 6.10 Å². The number of hydrogen-bond donors (Lipinski definition) is 3. The summed E-state index contributed by atoms with van der Waals surface area (Å²) in [4.78, 5) is 12.2. The zero-order chi connectivity index (χ0) is 23.1. The molecule has 0 atom stereocenters. The van der Waals surface area contributed by atoms with Gasteiger partial charge in [0, 0.05) is 34.8 Å². The number of hydrogen-bond acceptors (Lipinski definition) is 6. The molecule has 1 aromatic heterocycles. The van der Waals surface area contributed by atoms with E-state index in [0.29, 0.717) is 16.6 Å². The first-order chi connectivity index (χ1) is 15.0. The first-order valence-corrected chi connectivity index (χ1v) is 12.9. The number of alkyl carbamates (subject to hydrolysis) is 1. The lowest BCUT2D eigenvalue weighted by molar-refractivity contribution is 0.0697. The van der Waals surface area contributed by atoms with E-state index in [1.54, 1.807) is 12.1 Å². The van der Waals surface area contributed by atoms with Crippen molar-refractivity contribution >= 4 is 27.4 Å². The lowest BCUT2D eigenvalue weighted by atomic mass is 9.85. The average molecular weight is 461 g/mol. The summed E-state index contributed by atoms with van der Waals surface area (Å²) in [5, 5.41) is 13.6. The first-order valence-electron chi connectivity index (χ1n) is 11.2. The zero-order valence-electron chi connectivity index (χ0n) is 19.1. The molecule has 1 amide bonds. The first kappa shape index (κ1) is 22.6. The molecular formula is C23H32N4O4S. The summed E-state index contributed by atoms with van der Waals surface area (Å²) in [5.41, 5.74) is 2.31. The van der Waals surface area contributed by atoms with Gasteiger partial charge in [-0.2, -0.15) is 5.10 Å². The van der Waals surface area contributed by atoms with Crippen LogP contribution in [-0.4, -0.2) is 42.6 Å². The van der Waals surface area contributed by atoms with Crippen LogP contribution in [0.15, 0.2) is 29.2 Å². The SMILES string of the molecule is CC(C)NC(=O)OC1CCC(c2cc(Nc3ccc4c(c3)C(C)(C)CS4(=O)=O)n[nH]2)CC1. The minimum atomic E-state index is -3.22. The second-order valence-corrected chi connectivity index (χ2v) is 11.8. The van der Waals surface area contributed by atoms with E-state index in [2.05, 4.69) is 20.8 Å². The summed E-state index contributed by atoms with van der Waals surface area (Å²) in [7, 11) is -3.22. The van der Waals surface area contributed by atoms with Gasteiger partial charge in [0.05, 0.1) is 10.6 Å². The fraction of sp³-hybridized carbons (Fsp3) is 0.565. The molecule has 1 fully saturated rings. The van der Waals surface area contributed by atoms with Gasteiger partial charge >= 0.3 is 6.09 Å². The number of aromatic amines is 1. The number of ether oxygens (including phenoxy) is 1. The highest BCUT2D eigenvalue weighted by molar-refractivity contribution is 7.91. The van der Waals surface area contributed by atoms with E-state index >= 15 is 0 Å². The van der Waals surface area contributed by atoms with Gasteiger partial charge in [-0.05, 0) is 63.3 Å². The molecule has 4 rings (SSSR count). The van der Waals surface area contributed by atoms with Gasteiger partial charge in [0.2, 0.25) is 0 Å². The highest BCUT2D eigenvalue weighted by Gasteiger charge is 2.40. The number of rotatable bonds is 5. The molecule has 0 radical (unpaired) electrons. The van der Waals surface area contributed by atoms with Gasteiger partial charge in [-0.3, -0.25) is 5.10 Å². The second kappa shape index (κ2) is 8.42. The minimum absolute atomic E-state index is 0.0448. The lowest BCUT2D eigenvalue weighted by Gasteiger charge is -2.27. The third-order valence-corrected chi connectivity index (χ3v) is 8.39. The van der Waals surface area contributed by atoms with Crippen LogP contribution in [0.1, 0.15) is 70.6 Å². The molecule has 1 saturated carbocycles. The van der Waals surface area contributed by atoms with E-state index < -0.39 is 15.3 Å². The molecule has 3 N–H and O–H groups in total. The summed E-state index contributed by atoms with van der Waals surface area (Å²) < 4.78 is 30.3. The fourth-order valence-corrected chi connectivity index (χ4v) is 6.92. The van der Waals surface area contributed by atoms with Crippen molar-refractivity contribution in [1.29, 1.82) is 0 Å². The third kappa shape index (κ3) is 4.77. The Kier molecular flexibility index (Phi) is 5.96. The Hall–Kier alpha value is -2.55. The van der Waals surface area contributed by atoms with Gasteiger partial charge in [0.25, 0.3) is 0 Å². The van der Waals surface area contributed by atoms with Crippen molar-refractivity contribution in [2.45, 2.75) is 81.8 Å². The molecule has 174 valence electrons. The Morgan fingerprint density at radius 1 is 1.19 bits per heavy atom. The van der Waals surface area contributed by atoms with Crippen molar-refractivity contribution in [3.8, 4) is 0 Å². The van der Waals surface area contributed by atoms with E-state index in [1.165, 1.54) is 0 Å². The van der Waals surface area contributed by atoms with Crippen LogP contribution < -0.4 is 10.6 Å². The van der Waals surface area contributed by atoms with Crippen molar-refractivity contribution in [2.75, 3.05) is 11.1 Å². The standard InChI is InChI=1S/C23H32N4O4S/c1-14(2)24-22(28)31-17-8-5-15(6-9-17)19-12-21(27-26-19)25-16-7-10-20-18(11-16)23(3,4)13-32(20,29)30/h7,10-12,14-15,17H,5-6,8-9,13H2,1-4H3,(H,24,28)(H2,25,26,27).